The van der Waals surface area contributed by atoms with Crippen molar-refractivity contribution in [3.63, 3.8) is 0 Å². The van der Waals surface area contributed by atoms with Crippen molar-refractivity contribution in [2.45, 2.75) is 39.3 Å². The maximum Gasteiger partial charge on any atom is 0.410 e. The normalized spacial score (nSPS) is 16.9. The van der Waals surface area contributed by atoms with Crippen LogP contribution in [-0.4, -0.2) is 77.5 Å². The summed E-state index contributed by atoms with van der Waals surface area (Å²) in [6, 6.07) is 5.44. The summed E-state index contributed by atoms with van der Waals surface area (Å²) in [5.74, 6) is -0.470. The Kier molecular flexibility index (Phi) is 7.44. The molecule has 29 heavy (non-hydrogen) atoms. The number of aliphatic hydroxyl groups is 1. The van der Waals surface area contributed by atoms with Gasteiger partial charge in [0, 0.05) is 25.3 Å². The first-order chi connectivity index (χ1) is 13.6. The Hall–Kier alpha value is -2.81. The topological polar surface area (TPSA) is 108 Å². The molecule has 1 unspecified atom stereocenters. The zero-order chi connectivity index (χ0) is 21.6. The number of anilines is 1. The van der Waals surface area contributed by atoms with E-state index in [0.717, 1.165) is 0 Å². The Morgan fingerprint density at radius 1 is 1.24 bits per heavy atom. The molecule has 2 N–H and O–H groups in total. The van der Waals surface area contributed by atoms with Gasteiger partial charge >= 0.3 is 18.1 Å². The van der Waals surface area contributed by atoms with Crippen molar-refractivity contribution in [3.8, 4) is 0 Å². The predicted octanol–water partition coefficient (Wildman–Crippen LogP) is 2.31. The molecule has 0 spiro atoms. The molecule has 1 fully saturated rings. The number of hydrogen-bond acceptors (Lipinski definition) is 6. The number of aliphatic hydroxyl groups excluding tert-OH is 1. The standard InChI is InChI=1S/C20H29N3O6/c1-5-28-17(25)14-7-6-8-15(11-14)21-18(26)23-10-9-22(12-16(23)13-24)19(27)29-20(2,3)4/h6-8,11,16,24H,5,9-10,12-13H2,1-4H3,(H,21,26). The van der Waals surface area contributed by atoms with Crippen LogP contribution in [-0.2, 0) is 9.47 Å². The summed E-state index contributed by atoms with van der Waals surface area (Å²) in [7, 11) is 0. The second-order valence-electron chi connectivity index (χ2n) is 7.69. The molecule has 0 saturated carbocycles. The summed E-state index contributed by atoms with van der Waals surface area (Å²) in [4.78, 5) is 39.8. The maximum atomic E-state index is 12.7. The molecule has 1 atom stereocenters. The SMILES string of the molecule is CCOC(=O)c1cccc(NC(=O)N2CCN(C(=O)OC(C)(C)C)CC2CO)c1. The third kappa shape index (κ3) is 6.35. The number of nitrogens with one attached hydrogen (secondary N) is 1. The number of hydrogen-bond donors (Lipinski definition) is 2. The van der Waals surface area contributed by atoms with Gasteiger partial charge in [-0.1, -0.05) is 6.07 Å². The van der Waals surface area contributed by atoms with E-state index < -0.39 is 29.7 Å². The Morgan fingerprint density at radius 2 is 1.97 bits per heavy atom. The van der Waals surface area contributed by atoms with Gasteiger partial charge in [0.05, 0.1) is 24.8 Å². The molecule has 0 aliphatic carbocycles. The largest absolute Gasteiger partial charge is 0.462 e. The second kappa shape index (κ2) is 9.60. The lowest BCUT2D eigenvalue weighted by Crippen LogP contribution is -2.59. The van der Waals surface area contributed by atoms with Gasteiger partial charge in [-0.3, -0.25) is 0 Å². The number of nitrogens with zero attached hydrogens (tertiary/aromatic N) is 2. The molecular weight excluding hydrogens is 378 g/mol. The molecule has 0 aromatic heterocycles. The molecular formula is C20H29N3O6. The van der Waals surface area contributed by atoms with E-state index in [1.807, 2.05) is 0 Å². The van der Waals surface area contributed by atoms with E-state index in [4.69, 9.17) is 9.47 Å². The van der Waals surface area contributed by atoms with E-state index >= 15 is 0 Å². The predicted molar refractivity (Wildman–Crippen MR) is 107 cm³/mol. The van der Waals surface area contributed by atoms with Crippen LogP contribution >= 0.6 is 0 Å². The minimum Gasteiger partial charge on any atom is -0.462 e. The molecule has 2 rings (SSSR count). The Labute approximate surface area is 170 Å². The minimum absolute atomic E-state index is 0.168. The van der Waals surface area contributed by atoms with Crippen molar-refractivity contribution in [3.05, 3.63) is 29.8 Å². The molecule has 1 saturated heterocycles. The Morgan fingerprint density at radius 3 is 2.59 bits per heavy atom. The lowest BCUT2D eigenvalue weighted by Gasteiger charge is -2.40. The summed E-state index contributed by atoms with van der Waals surface area (Å²) >= 11 is 0. The fraction of sp³-hybridized carbons (Fsp3) is 0.550. The molecule has 1 aliphatic rings. The van der Waals surface area contributed by atoms with Crippen LogP contribution in [0.2, 0.25) is 0 Å². The van der Waals surface area contributed by atoms with Crippen molar-refractivity contribution < 1.29 is 29.0 Å². The lowest BCUT2D eigenvalue weighted by molar-refractivity contribution is 0.00414. The summed E-state index contributed by atoms with van der Waals surface area (Å²) < 4.78 is 10.3. The van der Waals surface area contributed by atoms with E-state index in [9.17, 15) is 19.5 Å². The van der Waals surface area contributed by atoms with Gasteiger partial charge < -0.3 is 29.7 Å². The zero-order valence-corrected chi connectivity index (χ0v) is 17.3. The smallest absolute Gasteiger partial charge is 0.410 e. The Bertz CT molecular complexity index is 746. The van der Waals surface area contributed by atoms with Gasteiger partial charge in [-0.05, 0) is 45.9 Å². The highest BCUT2D eigenvalue weighted by Crippen LogP contribution is 2.17. The molecule has 1 aromatic rings. The summed E-state index contributed by atoms with van der Waals surface area (Å²) in [5, 5.41) is 12.5. The molecule has 1 aliphatic heterocycles. The number of ether oxygens (including phenoxy) is 2. The highest BCUT2D eigenvalue weighted by atomic mass is 16.6. The van der Waals surface area contributed by atoms with Crippen molar-refractivity contribution >= 4 is 23.8 Å². The van der Waals surface area contributed by atoms with Gasteiger partial charge in [0.25, 0.3) is 0 Å². The third-order valence-corrected chi connectivity index (χ3v) is 4.23. The number of benzene rings is 1. The van der Waals surface area contributed by atoms with Crippen LogP contribution in [0.15, 0.2) is 24.3 Å². The number of carbonyl (C=O) groups is 3. The van der Waals surface area contributed by atoms with Crippen LogP contribution in [0.25, 0.3) is 0 Å². The monoisotopic (exact) mass is 407 g/mol. The summed E-state index contributed by atoms with van der Waals surface area (Å²) in [5.41, 5.74) is 0.148. The Balaban J connectivity index is 2.02. The molecule has 1 heterocycles. The van der Waals surface area contributed by atoms with E-state index in [-0.39, 0.29) is 26.3 Å². The number of piperazine rings is 1. The average Bonchev–Trinajstić information content (AvgIpc) is 2.66. The number of carbonyl (C=O) groups excluding carboxylic acids is 3. The van der Waals surface area contributed by atoms with E-state index in [0.29, 0.717) is 17.8 Å². The maximum absolute atomic E-state index is 12.7. The zero-order valence-electron chi connectivity index (χ0n) is 17.3. The van der Waals surface area contributed by atoms with Crippen molar-refractivity contribution in [1.82, 2.24) is 9.80 Å². The van der Waals surface area contributed by atoms with Crippen molar-refractivity contribution in [1.29, 1.82) is 0 Å². The van der Waals surface area contributed by atoms with Crippen LogP contribution in [0.3, 0.4) is 0 Å². The van der Waals surface area contributed by atoms with E-state index in [1.165, 1.54) is 15.9 Å². The van der Waals surface area contributed by atoms with Crippen LogP contribution < -0.4 is 5.32 Å². The fourth-order valence-electron chi connectivity index (χ4n) is 2.90. The fourth-order valence-corrected chi connectivity index (χ4v) is 2.90. The molecule has 9 nitrogen and oxygen atoms in total. The van der Waals surface area contributed by atoms with Gasteiger partial charge in [0.15, 0.2) is 0 Å². The number of esters is 1. The van der Waals surface area contributed by atoms with Crippen molar-refractivity contribution in [2.24, 2.45) is 0 Å². The molecule has 0 radical (unpaired) electrons. The van der Waals surface area contributed by atoms with E-state index in [2.05, 4.69) is 5.32 Å². The van der Waals surface area contributed by atoms with Crippen LogP contribution in [0.4, 0.5) is 15.3 Å². The minimum atomic E-state index is -0.621. The van der Waals surface area contributed by atoms with Crippen LogP contribution in [0.5, 0.6) is 0 Å². The van der Waals surface area contributed by atoms with Gasteiger partial charge in [0.1, 0.15) is 5.60 Å². The molecule has 9 heteroatoms. The number of amides is 3. The second-order valence-corrected chi connectivity index (χ2v) is 7.69. The van der Waals surface area contributed by atoms with Gasteiger partial charge in [-0.2, -0.15) is 0 Å². The number of urea groups is 1. The van der Waals surface area contributed by atoms with Gasteiger partial charge in [0.2, 0.25) is 0 Å². The first kappa shape index (κ1) is 22.5. The summed E-state index contributed by atoms with van der Waals surface area (Å²) in [6.07, 6.45) is -0.474. The molecule has 0 bridgehead atoms. The first-order valence-electron chi connectivity index (χ1n) is 9.58. The molecule has 160 valence electrons. The van der Waals surface area contributed by atoms with Crippen LogP contribution in [0.1, 0.15) is 38.1 Å². The van der Waals surface area contributed by atoms with Crippen molar-refractivity contribution in [2.75, 3.05) is 38.2 Å². The van der Waals surface area contributed by atoms with Crippen LogP contribution in [0, 0.1) is 0 Å². The highest BCUT2D eigenvalue weighted by Gasteiger charge is 2.34. The van der Waals surface area contributed by atoms with E-state index in [1.54, 1.807) is 45.9 Å². The van der Waals surface area contributed by atoms with Gasteiger partial charge in [-0.15, -0.1) is 0 Å². The number of rotatable bonds is 4. The quantitative estimate of drug-likeness (QED) is 0.742. The van der Waals surface area contributed by atoms with Gasteiger partial charge in [-0.25, -0.2) is 14.4 Å². The first-order valence-corrected chi connectivity index (χ1v) is 9.58. The third-order valence-electron chi connectivity index (χ3n) is 4.23. The summed E-state index contributed by atoms with van der Waals surface area (Å²) in [6.45, 7) is 7.73. The molecule has 1 aromatic carbocycles. The average molecular weight is 407 g/mol. The highest BCUT2D eigenvalue weighted by molar-refractivity contribution is 5.94. The lowest BCUT2D eigenvalue weighted by atomic mass is 10.1. The molecule has 3 amide bonds.